The van der Waals surface area contributed by atoms with Crippen molar-refractivity contribution in [3.63, 3.8) is 0 Å². The third-order valence-electron chi connectivity index (χ3n) is 4.67. The fraction of sp³-hybridized carbons (Fsp3) is 0.316. The zero-order valence-electron chi connectivity index (χ0n) is 16.1. The van der Waals surface area contributed by atoms with Crippen LogP contribution in [0.4, 0.5) is 0 Å². The van der Waals surface area contributed by atoms with Crippen molar-refractivity contribution in [1.29, 1.82) is 0 Å². The summed E-state index contributed by atoms with van der Waals surface area (Å²) < 4.78 is 0. The van der Waals surface area contributed by atoms with E-state index in [9.17, 15) is 9.90 Å². The van der Waals surface area contributed by atoms with E-state index in [1.165, 1.54) is 11.3 Å². The molecule has 30 heavy (non-hydrogen) atoms. The van der Waals surface area contributed by atoms with Crippen molar-refractivity contribution in [3.05, 3.63) is 39.2 Å². The minimum Gasteiger partial charge on any atom is -0.506 e. The molecule has 160 valence electrons. The summed E-state index contributed by atoms with van der Waals surface area (Å²) >= 11 is 18.8. The topological polar surface area (TPSA) is 88.4 Å². The number of nitrogens with one attached hydrogen (secondary N) is 1. The van der Waals surface area contributed by atoms with Crippen LogP contribution < -0.4 is 5.43 Å². The monoisotopic (exact) mass is 486 g/mol. The summed E-state index contributed by atoms with van der Waals surface area (Å²) in [5.41, 5.74) is 4.82. The molecule has 0 spiro atoms. The predicted molar refractivity (Wildman–Crippen MR) is 125 cm³/mol. The third kappa shape index (κ3) is 5.41. The van der Waals surface area contributed by atoms with E-state index in [1.807, 2.05) is 15.2 Å². The number of carboxylic acids is 1. The predicted octanol–water partition coefficient (Wildman–Crippen LogP) is 3.73. The number of thiophene rings is 1. The van der Waals surface area contributed by atoms with Crippen molar-refractivity contribution >= 4 is 63.5 Å². The van der Waals surface area contributed by atoms with Crippen molar-refractivity contribution in [2.45, 2.75) is 6.92 Å². The molecule has 1 aliphatic heterocycles. The van der Waals surface area contributed by atoms with Gasteiger partial charge in [0, 0.05) is 31.6 Å². The lowest BCUT2D eigenvalue weighted by atomic mass is 10.1. The quantitative estimate of drug-likeness (QED) is 0.337. The second-order valence-corrected chi connectivity index (χ2v) is 8.81. The maximum Gasteiger partial charge on any atom is 0.317 e. The molecule has 0 saturated carbocycles. The Labute approximate surface area is 193 Å². The van der Waals surface area contributed by atoms with Crippen LogP contribution in [0.25, 0.3) is 10.4 Å². The van der Waals surface area contributed by atoms with Crippen molar-refractivity contribution in [1.82, 2.24) is 15.2 Å². The van der Waals surface area contributed by atoms with Gasteiger partial charge >= 0.3 is 5.97 Å². The number of thiocarbonyl (C=S) groups is 1. The standard InChI is InChI=1S/C19H20Cl2N4O3S2/c1-11(22-23-19(29)25-6-4-24(5-7-25)9-16(26)27)13-10-30-18(17(13)28)12-2-3-14(20)15(21)8-12/h2-3,8,10,28H,4-7,9H2,1H3,(H,23,29)(H,26,27). The molecule has 2 heterocycles. The highest BCUT2D eigenvalue weighted by atomic mass is 35.5. The maximum atomic E-state index is 10.8. The number of benzene rings is 1. The molecule has 1 aliphatic rings. The molecule has 3 N–H and O–H groups in total. The van der Waals surface area contributed by atoms with Crippen LogP contribution in [0.2, 0.25) is 10.0 Å². The van der Waals surface area contributed by atoms with Gasteiger partial charge in [0.15, 0.2) is 5.11 Å². The average Bonchev–Trinajstić information content (AvgIpc) is 3.09. The first-order valence-electron chi connectivity index (χ1n) is 9.06. The molecule has 11 heteroatoms. The first-order chi connectivity index (χ1) is 14.3. The number of aliphatic carboxylic acids is 1. The number of hydrazone groups is 1. The number of rotatable bonds is 5. The van der Waals surface area contributed by atoms with Gasteiger partial charge in [-0.05, 0) is 36.8 Å². The Bertz CT molecular complexity index is 988. The molecule has 0 aliphatic carbocycles. The van der Waals surface area contributed by atoms with Crippen molar-refractivity contribution in [2.75, 3.05) is 32.7 Å². The molecule has 3 rings (SSSR count). The molecule has 0 amide bonds. The van der Waals surface area contributed by atoms with Gasteiger partial charge < -0.3 is 15.1 Å². The van der Waals surface area contributed by atoms with Crippen LogP contribution in [-0.2, 0) is 4.79 Å². The van der Waals surface area contributed by atoms with Crippen LogP contribution in [0, 0.1) is 0 Å². The summed E-state index contributed by atoms with van der Waals surface area (Å²) in [7, 11) is 0. The van der Waals surface area contributed by atoms with E-state index >= 15 is 0 Å². The molecule has 0 atom stereocenters. The first kappa shape index (κ1) is 22.8. The molecule has 7 nitrogen and oxygen atoms in total. The van der Waals surface area contributed by atoms with Gasteiger partial charge in [-0.2, -0.15) is 5.10 Å². The van der Waals surface area contributed by atoms with Gasteiger partial charge in [-0.15, -0.1) is 11.3 Å². The van der Waals surface area contributed by atoms with Crippen LogP contribution >= 0.6 is 46.8 Å². The lowest BCUT2D eigenvalue weighted by Gasteiger charge is -2.34. The Balaban J connectivity index is 1.63. The summed E-state index contributed by atoms with van der Waals surface area (Å²) in [6.45, 7) is 4.30. The minimum atomic E-state index is -0.833. The zero-order valence-corrected chi connectivity index (χ0v) is 19.2. The number of nitrogens with zero attached hydrogens (tertiary/aromatic N) is 3. The minimum absolute atomic E-state index is 0.0316. The van der Waals surface area contributed by atoms with Crippen LogP contribution in [0.1, 0.15) is 12.5 Å². The average molecular weight is 487 g/mol. The number of aromatic hydroxyl groups is 1. The van der Waals surface area contributed by atoms with Gasteiger partial charge in [0.2, 0.25) is 0 Å². The van der Waals surface area contributed by atoms with Gasteiger partial charge in [-0.25, -0.2) is 0 Å². The number of carboxylic acid groups (broad SMARTS) is 1. The van der Waals surface area contributed by atoms with Crippen LogP contribution in [0.5, 0.6) is 5.75 Å². The van der Waals surface area contributed by atoms with Gasteiger partial charge in [-0.3, -0.25) is 15.1 Å². The lowest BCUT2D eigenvalue weighted by Crippen LogP contribution is -2.51. The molecule has 0 bridgehead atoms. The molecule has 0 unspecified atom stereocenters. The van der Waals surface area contributed by atoms with Gasteiger partial charge in [0.05, 0.1) is 32.7 Å². The SMILES string of the molecule is CC(=NNC(=S)N1CCN(CC(=O)O)CC1)c1csc(-c2ccc(Cl)c(Cl)c2)c1O. The van der Waals surface area contributed by atoms with E-state index in [2.05, 4.69) is 10.5 Å². The van der Waals surface area contributed by atoms with Gasteiger partial charge in [-0.1, -0.05) is 29.3 Å². The normalized spacial score (nSPS) is 15.3. The summed E-state index contributed by atoms with van der Waals surface area (Å²) in [4.78, 5) is 15.3. The van der Waals surface area contributed by atoms with Crippen molar-refractivity contribution < 1.29 is 15.0 Å². The van der Waals surface area contributed by atoms with Crippen LogP contribution in [-0.4, -0.2) is 69.5 Å². The van der Waals surface area contributed by atoms with Gasteiger partial charge in [0.25, 0.3) is 0 Å². The van der Waals surface area contributed by atoms with E-state index in [0.29, 0.717) is 57.5 Å². The largest absolute Gasteiger partial charge is 0.506 e. The Hall–Kier alpha value is -1.91. The number of piperazine rings is 1. The van der Waals surface area contributed by atoms with Crippen LogP contribution in [0.15, 0.2) is 28.7 Å². The first-order valence-corrected chi connectivity index (χ1v) is 11.1. The Morgan fingerprint density at radius 3 is 2.60 bits per heavy atom. The Morgan fingerprint density at radius 2 is 1.97 bits per heavy atom. The smallest absolute Gasteiger partial charge is 0.317 e. The molecule has 1 aromatic heterocycles. The third-order valence-corrected chi connectivity index (χ3v) is 6.78. The maximum absolute atomic E-state index is 10.8. The van der Waals surface area contributed by atoms with Crippen molar-refractivity contribution in [3.8, 4) is 16.2 Å². The van der Waals surface area contributed by atoms with E-state index < -0.39 is 5.97 Å². The highest BCUT2D eigenvalue weighted by Gasteiger charge is 2.20. The molecule has 1 fully saturated rings. The molecule has 2 aromatic rings. The van der Waals surface area contributed by atoms with Crippen LogP contribution in [0.3, 0.4) is 0 Å². The summed E-state index contributed by atoms with van der Waals surface area (Å²) in [5.74, 6) is -0.713. The fourth-order valence-corrected chi connectivity index (χ4v) is 4.54. The highest BCUT2D eigenvalue weighted by Crippen LogP contribution is 2.40. The molecular weight excluding hydrogens is 467 g/mol. The molecular formula is C19H20Cl2N4O3S2. The summed E-state index contributed by atoms with van der Waals surface area (Å²) in [6, 6.07) is 5.20. The molecule has 1 saturated heterocycles. The molecule has 1 aromatic carbocycles. The number of halogens is 2. The zero-order chi connectivity index (χ0) is 21.8. The fourth-order valence-electron chi connectivity index (χ4n) is 3.01. The van der Waals surface area contributed by atoms with Crippen molar-refractivity contribution in [2.24, 2.45) is 5.10 Å². The van der Waals surface area contributed by atoms with E-state index in [-0.39, 0.29) is 12.3 Å². The number of hydrogen-bond donors (Lipinski definition) is 3. The number of carbonyl (C=O) groups is 1. The second-order valence-electron chi connectivity index (χ2n) is 6.73. The Kier molecular flexibility index (Phi) is 7.54. The van der Waals surface area contributed by atoms with E-state index in [0.717, 1.165) is 5.56 Å². The number of hydrogen-bond acceptors (Lipinski definition) is 6. The summed E-state index contributed by atoms with van der Waals surface area (Å²) in [6.07, 6.45) is 0. The highest BCUT2D eigenvalue weighted by molar-refractivity contribution is 7.80. The lowest BCUT2D eigenvalue weighted by molar-refractivity contribution is -0.138. The Morgan fingerprint density at radius 1 is 1.27 bits per heavy atom. The molecule has 0 radical (unpaired) electrons. The second kappa shape index (κ2) is 9.93. The summed E-state index contributed by atoms with van der Waals surface area (Å²) in [5, 5.41) is 27.0. The van der Waals surface area contributed by atoms with Gasteiger partial charge in [0.1, 0.15) is 5.75 Å². The van der Waals surface area contributed by atoms with E-state index in [4.69, 9.17) is 40.5 Å². The van der Waals surface area contributed by atoms with E-state index in [1.54, 1.807) is 25.1 Å².